The maximum absolute atomic E-state index is 2.57. The van der Waals surface area contributed by atoms with Gasteiger partial charge in [-0.15, -0.1) is 0 Å². The fraction of sp³-hybridized carbons (Fsp3) is 0.583. The van der Waals surface area contributed by atoms with Gasteiger partial charge in [-0.3, -0.25) is 0 Å². The summed E-state index contributed by atoms with van der Waals surface area (Å²) >= 11 is 2.41. The Bertz CT molecular complexity index is 767. The van der Waals surface area contributed by atoms with E-state index >= 15 is 0 Å². The van der Waals surface area contributed by atoms with Crippen LogP contribution in [0.1, 0.15) is 81.2 Å². The van der Waals surface area contributed by atoms with Crippen LogP contribution in [0.2, 0.25) is 5.04 Å². The molecule has 0 amide bonds. The third-order valence-corrected chi connectivity index (χ3v) is 12.2. The van der Waals surface area contributed by atoms with E-state index in [0.717, 1.165) is 0 Å². The first-order valence-electron chi connectivity index (χ1n) is 10.3. The number of rotatable bonds is 6. The van der Waals surface area contributed by atoms with E-state index in [4.69, 9.17) is 0 Å². The molecular weight excluding hydrogens is 471 g/mol. The summed E-state index contributed by atoms with van der Waals surface area (Å²) in [7, 11) is -0.457. The Labute approximate surface area is 212 Å². The van der Waals surface area contributed by atoms with Crippen molar-refractivity contribution in [2.45, 2.75) is 93.0 Å². The monoisotopic (exact) mass is 506 g/mol. The zero-order valence-corrected chi connectivity index (χ0v) is 24.9. The molecule has 29 heavy (non-hydrogen) atoms. The first kappa shape index (κ1) is 31.7. The van der Waals surface area contributed by atoms with Gasteiger partial charge in [0.05, 0.1) is 0 Å². The number of halogens is 3. The van der Waals surface area contributed by atoms with Crippen LogP contribution in [0.3, 0.4) is 0 Å². The second kappa shape index (κ2) is 12.5. The minimum Gasteiger partial charge on any atom is -1.00 e. The van der Waals surface area contributed by atoms with Crippen molar-refractivity contribution >= 4 is 14.7 Å². The average molecular weight is 508 g/mol. The van der Waals surface area contributed by atoms with E-state index in [1.165, 1.54) is 42.4 Å². The van der Waals surface area contributed by atoms with E-state index in [0.29, 0.717) is 5.04 Å². The molecular formula is C24H37Cl3SiTi. The number of hydrogen-bond donors (Lipinski definition) is 0. The molecule has 0 spiro atoms. The summed E-state index contributed by atoms with van der Waals surface area (Å²) in [6.07, 6.45) is 5.30. The van der Waals surface area contributed by atoms with E-state index in [1.54, 1.807) is 36.9 Å². The molecule has 1 aromatic carbocycles. The van der Waals surface area contributed by atoms with Gasteiger partial charge in [0.2, 0.25) is 0 Å². The van der Waals surface area contributed by atoms with E-state index < -0.39 is 9.52 Å². The molecule has 0 bridgehead atoms. The topological polar surface area (TPSA) is 0 Å². The van der Waals surface area contributed by atoms with Crippen molar-refractivity contribution in [2.24, 2.45) is 0 Å². The van der Waals surface area contributed by atoms with Crippen LogP contribution in [0.25, 0.3) is 0 Å². The molecule has 0 saturated carbocycles. The zero-order chi connectivity index (χ0) is 19.8. The molecule has 0 aliphatic heterocycles. The van der Waals surface area contributed by atoms with Gasteiger partial charge in [0.15, 0.2) is 0 Å². The first-order chi connectivity index (χ1) is 12.1. The summed E-state index contributed by atoms with van der Waals surface area (Å²) in [4.78, 5) is 0. The summed E-state index contributed by atoms with van der Waals surface area (Å²) in [6, 6.07) is 0. The molecule has 0 nitrogen and oxygen atoms in total. The van der Waals surface area contributed by atoms with Crippen molar-refractivity contribution in [3.63, 3.8) is 0 Å². The van der Waals surface area contributed by atoms with E-state index in [2.05, 4.69) is 82.7 Å². The minimum atomic E-state index is -0.457. The fourth-order valence-electron chi connectivity index (χ4n) is 4.80. The number of unbranched alkanes of at least 4 members (excludes halogenated alkanes) is 2. The third-order valence-electron chi connectivity index (χ3n) is 7.32. The maximum atomic E-state index is 2.57. The minimum absolute atomic E-state index is 0. The molecule has 0 heterocycles. The summed E-state index contributed by atoms with van der Waals surface area (Å²) < 4.78 is 1.66. The molecule has 0 N–H and O–H groups in total. The van der Waals surface area contributed by atoms with Crippen LogP contribution in [0.5, 0.6) is 0 Å². The first-order valence-corrected chi connectivity index (χ1v) is 12.5. The molecule has 0 fully saturated rings. The van der Waals surface area contributed by atoms with Crippen molar-refractivity contribution in [3.05, 3.63) is 48.4 Å². The molecule has 1 unspecified atom stereocenters. The Morgan fingerprint density at radius 1 is 0.724 bits per heavy atom. The molecule has 1 atom stereocenters. The Morgan fingerprint density at radius 3 is 1.62 bits per heavy atom. The van der Waals surface area contributed by atoms with Crippen molar-refractivity contribution in [3.8, 4) is 0 Å². The maximum Gasteiger partial charge on any atom is -1.00 e. The largest absolute Gasteiger partial charge is 1.00 e. The predicted octanol–water partition coefficient (Wildman–Crippen LogP) is -3.06. The summed E-state index contributed by atoms with van der Waals surface area (Å²) in [5, 5.41) is 2.05. The van der Waals surface area contributed by atoms with Crippen molar-refractivity contribution in [1.82, 2.24) is 0 Å². The Balaban J connectivity index is 0. The summed E-state index contributed by atoms with van der Waals surface area (Å²) in [5.41, 5.74) is 12.6. The summed E-state index contributed by atoms with van der Waals surface area (Å²) in [5.74, 6) is 0. The third kappa shape index (κ3) is 5.85. The SMILES string of the molecule is CCCCCC1=C(C)C(C)=[C]([Ti+3])C1(C)[SiH2]c1c(C)c(C)c(C)c(C)c1C.[Cl-].[Cl-].[Cl-]. The van der Waals surface area contributed by atoms with Crippen LogP contribution < -0.4 is 42.4 Å². The van der Waals surface area contributed by atoms with E-state index in [1.807, 2.05) is 0 Å². The fourth-order valence-corrected chi connectivity index (χ4v) is 8.61. The van der Waals surface area contributed by atoms with Crippen LogP contribution in [0.4, 0.5) is 0 Å². The van der Waals surface area contributed by atoms with E-state index in [9.17, 15) is 0 Å². The van der Waals surface area contributed by atoms with Gasteiger partial charge >= 0.3 is 177 Å². The Morgan fingerprint density at radius 2 is 1.17 bits per heavy atom. The molecule has 5 heteroatoms. The van der Waals surface area contributed by atoms with Gasteiger partial charge in [-0.2, -0.15) is 0 Å². The second-order valence-corrected chi connectivity index (χ2v) is 11.9. The van der Waals surface area contributed by atoms with Gasteiger partial charge in [-0.25, -0.2) is 0 Å². The van der Waals surface area contributed by atoms with Gasteiger partial charge in [0.25, 0.3) is 0 Å². The number of allylic oxidation sites excluding steroid dienone is 4. The van der Waals surface area contributed by atoms with Gasteiger partial charge in [-0.1, -0.05) is 0 Å². The standard InChI is InChI=1S/C24H37Si.3ClH.Ti/c1-10-11-12-13-22-16(3)15(2)14-24(22,9)25-23-20(7)18(5)17(4)19(6)21(23)8;;;;/h10-13,25H2,1-9H3;3*1H;/q;;;;+3/p-3. The molecule has 1 aromatic rings. The van der Waals surface area contributed by atoms with Crippen molar-refractivity contribution in [1.29, 1.82) is 0 Å². The molecule has 0 saturated heterocycles. The van der Waals surface area contributed by atoms with Crippen LogP contribution in [0.15, 0.2) is 20.6 Å². The summed E-state index contributed by atoms with van der Waals surface area (Å²) in [6.45, 7) is 21.3. The smallest absolute Gasteiger partial charge is 1.00 e. The molecule has 0 radical (unpaired) electrons. The Hall–Kier alpha value is 0.501. The zero-order valence-electron chi connectivity index (χ0n) is 19.7. The van der Waals surface area contributed by atoms with Gasteiger partial charge in [-0.05, 0) is 0 Å². The van der Waals surface area contributed by atoms with Gasteiger partial charge in [0, 0.05) is 0 Å². The van der Waals surface area contributed by atoms with Gasteiger partial charge < -0.3 is 37.2 Å². The Kier molecular flexibility index (Phi) is 13.7. The van der Waals surface area contributed by atoms with Crippen LogP contribution in [-0.4, -0.2) is 9.52 Å². The molecule has 0 aromatic heterocycles. The predicted molar refractivity (Wildman–Crippen MR) is 116 cm³/mol. The van der Waals surface area contributed by atoms with Crippen LogP contribution >= 0.6 is 0 Å². The molecule has 1 aliphatic carbocycles. The molecule has 162 valence electrons. The number of hydrogen-bond acceptors (Lipinski definition) is 0. The quantitative estimate of drug-likeness (QED) is 0.284. The normalized spacial score (nSPS) is 18.9. The van der Waals surface area contributed by atoms with Crippen LogP contribution in [0, 0.1) is 34.6 Å². The molecule has 2 rings (SSSR count). The van der Waals surface area contributed by atoms with E-state index in [-0.39, 0.29) is 37.2 Å². The van der Waals surface area contributed by atoms with Gasteiger partial charge in [0.1, 0.15) is 0 Å². The van der Waals surface area contributed by atoms with Crippen molar-refractivity contribution in [2.75, 3.05) is 0 Å². The number of benzene rings is 1. The van der Waals surface area contributed by atoms with Crippen LogP contribution in [-0.2, 0) is 20.4 Å². The average Bonchev–Trinajstić information content (AvgIpc) is 2.77. The second-order valence-electron chi connectivity index (χ2n) is 8.67. The molecule has 1 aliphatic rings. The van der Waals surface area contributed by atoms with Crippen molar-refractivity contribution < 1.29 is 57.7 Å².